The number of amides is 1. The summed E-state index contributed by atoms with van der Waals surface area (Å²) in [6.45, 7) is 4.81. The molecule has 1 aliphatic heterocycles. The smallest absolute Gasteiger partial charge is 0.274 e. The van der Waals surface area contributed by atoms with Gasteiger partial charge in [-0.1, -0.05) is 13.0 Å². The number of anilines is 1. The summed E-state index contributed by atoms with van der Waals surface area (Å²) in [7, 11) is -2.68. The lowest BCUT2D eigenvalue weighted by Crippen LogP contribution is -2.38. The maximum atomic E-state index is 13.1. The number of carbonyl (C=O) groups is 1. The average Bonchev–Trinajstić information content (AvgIpc) is 2.74. The Hall–Kier alpha value is -3.14. The predicted molar refractivity (Wildman–Crippen MR) is 116 cm³/mol. The number of ether oxygens (including phenoxy) is 1. The number of hydrogen-bond donors (Lipinski definition) is 1. The third-order valence-corrected chi connectivity index (χ3v) is 6.89. The van der Waals surface area contributed by atoms with E-state index in [-0.39, 0.29) is 39.1 Å². The summed E-state index contributed by atoms with van der Waals surface area (Å²) in [4.78, 5) is 25.2. The van der Waals surface area contributed by atoms with Gasteiger partial charge < -0.3 is 9.64 Å². The number of benzene rings is 2. The summed E-state index contributed by atoms with van der Waals surface area (Å²) in [6.07, 6.45) is 1.78. The van der Waals surface area contributed by atoms with Crippen LogP contribution >= 0.6 is 0 Å². The fourth-order valence-electron chi connectivity index (χ4n) is 3.54. The van der Waals surface area contributed by atoms with Gasteiger partial charge in [0.2, 0.25) is 0 Å². The van der Waals surface area contributed by atoms with Gasteiger partial charge in [0, 0.05) is 19.2 Å². The second-order valence-corrected chi connectivity index (χ2v) is 9.33. The van der Waals surface area contributed by atoms with Crippen molar-refractivity contribution in [2.24, 2.45) is 5.92 Å². The number of methoxy groups -OCH3 is 1. The average molecular weight is 448 g/mol. The van der Waals surface area contributed by atoms with E-state index in [1.54, 1.807) is 4.90 Å². The Bertz CT molecular complexity index is 1110. The number of hydrogen-bond acceptors (Lipinski definition) is 6. The predicted octanol–water partition coefficient (Wildman–Crippen LogP) is 3.58. The molecule has 3 rings (SSSR count). The van der Waals surface area contributed by atoms with Crippen LogP contribution in [-0.4, -0.2) is 44.3 Å². The highest BCUT2D eigenvalue weighted by molar-refractivity contribution is 7.92. The monoisotopic (exact) mass is 447 g/mol. The van der Waals surface area contributed by atoms with E-state index in [0.29, 0.717) is 19.0 Å². The molecular formula is C21H25N3O6S. The molecule has 0 unspecified atom stereocenters. The second-order valence-electron chi connectivity index (χ2n) is 7.65. The molecule has 166 valence electrons. The minimum absolute atomic E-state index is 0.0999. The molecule has 0 aliphatic carbocycles. The van der Waals surface area contributed by atoms with E-state index in [0.717, 1.165) is 12.8 Å². The maximum absolute atomic E-state index is 13.1. The number of piperidine rings is 1. The van der Waals surface area contributed by atoms with Gasteiger partial charge in [-0.25, -0.2) is 8.42 Å². The van der Waals surface area contributed by atoms with Gasteiger partial charge in [0.1, 0.15) is 5.75 Å². The number of nitro benzene ring substituents is 1. The van der Waals surface area contributed by atoms with Crippen LogP contribution in [0.2, 0.25) is 0 Å². The molecule has 0 atom stereocenters. The maximum Gasteiger partial charge on any atom is 0.274 e. The van der Waals surface area contributed by atoms with Gasteiger partial charge in [-0.3, -0.25) is 19.6 Å². The zero-order valence-corrected chi connectivity index (χ0v) is 18.4. The van der Waals surface area contributed by atoms with Gasteiger partial charge in [0.05, 0.1) is 33.7 Å². The highest BCUT2D eigenvalue weighted by atomic mass is 32.2. The Morgan fingerprint density at radius 2 is 1.90 bits per heavy atom. The lowest BCUT2D eigenvalue weighted by molar-refractivity contribution is -0.385. The molecule has 10 heteroatoms. The third kappa shape index (κ3) is 4.79. The zero-order chi connectivity index (χ0) is 22.8. The molecule has 2 aromatic rings. The first-order chi connectivity index (χ1) is 14.6. The molecule has 1 amide bonds. The van der Waals surface area contributed by atoms with Crippen molar-refractivity contribution in [3.8, 4) is 5.75 Å². The van der Waals surface area contributed by atoms with Gasteiger partial charge in [0.25, 0.3) is 21.6 Å². The molecule has 1 fully saturated rings. The van der Waals surface area contributed by atoms with E-state index in [2.05, 4.69) is 11.6 Å². The molecular weight excluding hydrogens is 422 g/mol. The van der Waals surface area contributed by atoms with Crippen molar-refractivity contribution in [3.05, 3.63) is 57.6 Å². The minimum Gasteiger partial charge on any atom is -0.496 e. The number of rotatable bonds is 6. The quantitative estimate of drug-likeness (QED) is 0.534. The normalized spacial score (nSPS) is 14.9. The molecule has 2 aromatic carbocycles. The van der Waals surface area contributed by atoms with Crippen molar-refractivity contribution in [1.82, 2.24) is 4.90 Å². The fraction of sp³-hybridized carbons (Fsp3) is 0.381. The van der Waals surface area contributed by atoms with Crippen molar-refractivity contribution in [2.75, 3.05) is 24.9 Å². The first kappa shape index (κ1) is 22.5. The van der Waals surface area contributed by atoms with Crippen LogP contribution in [0.3, 0.4) is 0 Å². The van der Waals surface area contributed by atoms with Crippen LogP contribution in [0.25, 0.3) is 0 Å². The third-order valence-electron chi connectivity index (χ3n) is 5.53. The van der Waals surface area contributed by atoms with E-state index < -0.39 is 14.9 Å². The number of nitrogens with zero attached hydrogens (tertiary/aromatic N) is 2. The second kappa shape index (κ2) is 8.93. The Morgan fingerprint density at radius 3 is 2.52 bits per heavy atom. The number of likely N-dealkylation sites (tertiary alicyclic amines) is 1. The van der Waals surface area contributed by atoms with E-state index in [9.17, 15) is 23.3 Å². The van der Waals surface area contributed by atoms with Gasteiger partial charge in [-0.2, -0.15) is 0 Å². The summed E-state index contributed by atoms with van der Waals surface area (Å²) in [5, 5.41) is 11.1. The lowest BCUT2D eigenvalue weighted by atomic mass is 9.98. The van der Waals surface area contributed by atoms with Crippen molar-refractivity contribution >= 4 is 27.3 Å². The first-order valence-electron chi connectivity index (χ1n) is 9.88. The lowest BCUT2D eigenvalue weighted by Gasteiger charge is -2.30. The zero-order valence-electron chi connectivity index (χ0n) is 17.6. The summed E-state index contributed by atoms with van der Waals surface area (Å²) in [6, 6.07) is 8.22. The molecule has 1 heterocycles. The first-order valence-corrected chi connectivity index (χ1v) is 11.4. The number of nitrogens with one attached hydrogen (secondary N) is 1. The number of sulfonamides is 1. The minimum atomic E-state index is -4.10. The topological polar surface area (TPSA) is 119 Å². The molecule has 0 radical (unpaired) electrons. The molecule has 31 heavy (non-hydrogen) atoms. The molecule has 1 N–H and O–H groups in total. The highest BCUT2D eigenvalue weighted by Crippen LogP contribution is 2.30. The molecule has 0 spiro atoms. The molecule has 9 nitrogen and oxygen atoms in total. The van der Waals surface area contributed by atoms with Crippen molar-refractivity contribution in [3.63, 3.8) is 0 Å². The highest BCUT2D eigenvalue weighted by Gasteiger charge is 2.26. The van der Waals surface area contributed by atoms with Gasteiger partial charge in [0.15, 0.2) is 0 Å². The molecule has 0 aromatic heterocycles. The van der Waals surface area contributed by atoms with Crippen LogP contribution in [-0.2, 0) is 10.0 Å². The Labute approximate surface area is 181 Å². The molecule has 0 bridgehead atoms. The van der Waals surface area contributed by atoms with Gasteiger partial charge in [-0.05, 0) is 49.9 Å². The largest absolute Gasteiger partial charge is 0.496 e. The van der Waals surface area contributed by atoms with Crippen molar-refractivity contribution in [2.45, 2.75) is 31.6 Å². The van der Waals surface area contributed by atoms with Gasteiger partial charge >= 0.3 is 0 Å². The molecule has 0 saturated carbocycles. The number of nitro groups is 1. The van der Waals surface area contributed by atoms with E-state index in [1.807, 2.05) is 0 Å². The van der Waals surface area contributed by atoms with Crippen LogP contribution in [0.5, 0.6) is 5.75 Å². The fourth-order valence-corrected chi connectivity index (χ4v) is 4.69. The standard InChI is InChI=1S/C21H25N3O6S/c1-14-9-11-23(12-10-14)21(25)17-13-16(7-8-20(17)30-3)31(28,29)22-18-5-4-6-19(15(18)2)24(26)27/h4-8,13-14,22H,9-12H2,1-3H3. The summed E-state index contributed by atoms with van der Waals surface area (Å²) in [5.74, 6) is 0.543. The van der Waals surface area contributed by atoms with Crippen LogP contribution in [0.4, 0.5) is 11.4 Å². The van der Waals surface area contributed by atoms with E-state index >= 15 is 0 Å². The summed E-state index contributed by atoms with van der Waals surface area (Å²) >= 11 is 0. The SMILES string of the molecule is COc1ccc(S(=O)(=O)Nc2cccc([N+](=O)[O-])c2C)cc1C(=O)N1CCC(C)CC1. The van der Waals surface area contributed by atoms with Crippen LogP contribution < -0.4 is 9.46 Å². The Balaban J connectivity index is 1.94. The van der Waals surface area contributed by atoms with E-state index in [4.69, 9.17) is 4.74 Å². The van der Waals surface area contributed by atoms with Crippen LogP contribution in [0.1, 0.15) is 35.7 Å². The Kier molecular flexibility index (Phi) is 6.49. The van der Waals surface area contributed by atoms with Crippen molar-refractivity contribution < 1.29 is 22.9 Å². The van der Waals surface area contributed by atoms with Gasteiger partial charge in [-0.15, -0.1) is 0 Å². The molecule has 1 aliphatic rings. The van der Waals surface area contributed by atoms with Crippen molar-refractivity contribution in [1.29, 1.82) is 0 Å². The van der Waals surface area contributed by atoms with Crippen LogP contribution in [0.15, 0.2) is 41.3 Å². The summed E-state index contributed by atoms with van der Waals surface area (Å²) < 4.78 is 33.6. The van der Waals surface area contributed by atoms with Crippen LogP contribution in [0, 0.1) is 23.0 Å². The van der Waals surface area contributed by atoms with E-state index in [1.165, 1.54) is 50.4 Å². The Morgan fingerprint density at radius 1 is 1.23 bits per heavy atom. The molecule has 1 saturated heterocycles. The number of carbonyl (C=O) groups excluding carboxylic acids is 1. The summed E-state index contributed by atoms with van der Waals surface area (Å²) in [5.41, 5.74) is 0.270.